The van der Waals surface area contributed by atoms with Crippen LogP contribution >= 0.6 is 12.4 Å². The van der Waals surface area contributed by atoms with Crippen molar-refractivity contribution in [3.8, 4) is 0 Å². The molecule has 0 aromatic heterocycles. The quantitative estimate of drug-likeness (QED) is 0.386. The van der Waals surface area contributed by atoms with Gasteiger partial charge < -0.3 is 0 Å². The van der Waals surface area contributed by atoms with Gasteiger partial charge >= 0.3 is 0 Å². The summed E-state index contributed by atoms with van der Waals surface area (Å²) in [6.07, 6.45) is 26.0. The van der Waals surface area contributed by atoms with Crippen molar-refractivity contribution in [3.05, 3.63) is 24.3 Å². The Morgan fingerprint density at radius 2 is 0.611 bits per heavy atom. The SMILES string of the molecule is C1=CCCCCCC1.C1=CCCCCCC1.Cl.[Ir]. The Hall–Kier alpha value is 0.419. The van der Waals surface area contributed by atoms with E-state index in [1.54, 1.807) is 0 Å². The molecule has 0 aromatic carbocycles. The molecule has 0 unspecified atom stereocenters. The van der Waals surface area contributed by atoms with Crippen molar-refractivity contribution >= 4 is 12.4 Å². The number of rotatable bonds is 0. The fraction of sp³-hybridized carbons (Fsp3) is 0.750. The molecule has 0 aromatic rings. The third kappa shape index (κ3) is 14.5. The van der Waals surface area contributed by atoms with E-state index in [4.69, 9.17) is 0 Å². The molecule has 0 heterocycles. The second-order valence-corrected chi connectivity index (χ2v) is 4.93. The van der Waals surface area contributed by atoms with Gasteiger partial charge in [0.05, 0.1) is 0 Å². The van der Waals surface area contributed by atoms with Gasteiger partial charge in [-0.3, -0.25) is 0 Å². The standard InChI is InChI=1S/2C8H14.ClH.Ir/c2*1-2-4-6-8-7-5-3-1;;/h2*1-2H,3-8H2;1H;. The Morgan fingerprint density at radius 1 is 0.389 bits per heavy atom. The van der Waals surface area contributed by atoms with Gasteiger partial charge in [-0.05, 0) is 51.4 Å². The van der Waals surface area contributed by atoms with E-state index in [-0.39, 0.29) is 32.5 Å². The zero-order valence-electron chi connectivity index (χ0n) is 11.5. The van der Waals surface area contributed by atoms with E-state index in [9.17, 15) is 0 Å². The second kappa shape index (κ2) is 17.4. The fourth-order valence-electron chi connectivity index (χ4n) is 2.23. The van der Waals surface area contributed by atoms with E-state index < -0.39 is 0 Å². The summed E-state index contributed by atoms with van der Waals surface area (Å²) in [5, 5.41) is 0. The van der Waals surface area contributed by atoms with Crippen LogP contribution < -0.4 is 0 Å². The molecule has 18 heavy (non-hydrogen) atoms. The first kappa shape index (κ1) is 20.7. The normalized spacial score (nSPS) is 19.6. The van der Waals surface area contributed by atoms with Crippen molar-refractivity contribution in [3.63, 3.8) is 0 Å². The summed E-state index contributed by atoms with van der Waals surface area (Å²) in [5.41, 5.74) is 0. The van der Waals surface area contributed by atoms with Crippen LogP contribution in [0.15, 0.2) is 24.3 Å². The Bertz CT molecular complexity index is 157. The first-order valence-corrected chi connectivity index (χ1v) is 7.30. The molecule has 0 atom stereocenters. The molecular weight excluding hydrogens is 420 g/mol. The van der Waals surface area contributed by atoms with Crippen LogP contribution in [0, 0.1) is 0 Å². The number of allylic oxidation sites excluding steroid dienone is 4. The minimum absolute atomic E-state index is 0. The van der Waals surface area contributed by atoms with E-state index in [1.807, 2.05) is 0 Å². The van der Waals surface area contributed by atoms with Gasteiger partial charge in [0.2, 0.25) is 0 Å². The maximum atomic E-state index is 2.32. The maximum absolute atomic E-state index is 2.32. The van der Waals surface area contributed by atoms with Crippen LogP contribution in [0.4, 0.5) is 0 Å². The molecule has 0 nitrogen and oxygen atoms in total. The summed E-state index contributed by atoms with van der Waals surface area (Å²) < 4.78 is 0. The van der Waals surface area contributed by atoms with Gasteiger partial charge in [-0.15, -0.1) is 12.4 Å². The van der Waals surface area contributed by atoms with Crippen molar-refractivity contribution in [2.24, 2.45) is 0 Å². The van der Waals surface area contributed by atoms with Crippen LogP contribution in [-0.4, -0.2) is 0 Å². The van der Waals surface area contributed by atoms with Gasteiger partial charge in [-0.25, -0.2) is 0 Å². The van der Waals surface area contributed by atoms with Crippen LogP contribution in [0.3, 0.4) is 0 Å². The number of halogens is 1. The molecule has 0 spiro atoms. The smallest absolute Gasteiger partial charge is 0 e. The topological polar surface area (TPSA) is 0 Å². The van der Waals surface area contributed by atoms with Crippen molar-refractivity contribution in [2.75, 3.05) is 0 Å². The third-order valence-corrected chi connectivity index (χ3v) is 3.32. The van der Waals surface area contributed by atoms with Gasteiger partial charge in [0, 0.05) is 20.1 Å². The van der Waals surface area contributed by atoms with Crippen LogP contribution in [0.5, 0.6) is 0 Å². The largest absolute Gasteiger partial charge is 0.147 e. The molecule has 0 N–H and O–H groups in total. The van der Waals surface area contributed by atoms with Gasteiger partial charge in [0.1, 0.15) is 0 Å². The average Bonchev–Trinajstić information content (AvgIpc) is 2.15. The first-order chi connectivity index (χ1) is 8.00. The van der Waals surface area contributed by atoms with E-state index in [2.05, 4.69) is 24.3 Å². The molecule has 2 aliphatic rings. The van der Waals surface area contributed by atoms with Crippen LogP contribution in [0.25, 0.3) is 0 Å². The van der Waals surface area contributed by atoms with Gasteiger partial charge in [-0.1, -0.05) is 50.0 Å². The summed E-state index contributed by atoms with van der Waals surface area (Å²) in [7, 11) is 0. The Balaban J connectivity index is 0. The summed E-state index contributed by atoms with van der Waals surface area (Å²) in [5.74, 6) is 0. The number of hydrogen-bond donors (Lipinski definition) is 0. The molecule has 1 radical (unpaired) electrons. The molecular formula is C16H29ClIr. The zero-order chi connectivity index (χ0) is 11.3. The molecule has 0 saturated heterocycles. The van der Waals surface area contributed by atoms with Crippen molar-refractivity contribution in [1.29, 1.82) is 0 Å². The van der Waals surface area contributed by atoms with Crippen molar-refractivity contribution in [2.45, 2.75) is 77.0 Å². The third-order valence-electron chi connectivity index (χ3n) is 3.32. The molecule has 0 aliphatic heterocycles. The first-order valence-electron chi connectivity index (χ1n) is 7.30. The summed E-state index contributed by atoms with van der Waals surface area (Å²) in [6, 6.07) is 0. The van der Waals surface area contributed by atoms with Gasteiger partial charge in [0.15, 0.2) is 0 Å². The second-order valence-electron chi connectivity index (χ2n) is 4.93. The number of hydrogen-bond acceptors (Lipinski definition) is 0. The fourth-order valence-corrected chi connectivity index (χ4v) is 2.23. The van der Waals surface area contributed by atoms with E-state index >= 15 is 0 Å². The molecule has 2 aliphatic carbocycles. The summed E-state index contributed by atoms with van der Waals surface area (Å²) in [6.45, 7) is 0. The predicted molar refractivity (Wildman–Crippen MR) is 80.9 cm³/mol. The van der Waals surface area contributed by atoms with E-state index in [0.717, 1.165) is 0 Å². The zero-order valence-corrected chi connectivity index (χ0v) is 14.7. The monoisotopic (exact) mass is 449 g/mol. The minimum Gasteiger partial charge on any atom is -0.147 e. The summed E-state index contributed by atoms with van der Waals surface area (Å²) in [4.78, 5) is 0. The van der Waals surface area contributed by atoms with E-state index in [0.29, 0.717) is 0 Å². The van der Waals surface area contributed by atoms with E-state index in [1.165, 1.54) is 77.0 Å². The predicted octanol–water partition coefficient (Wildman–Crippen LogP) is 6.21. The molecule has 2 rings (SSSR count). The minimum atomic E-state index is 0. The molecule has 2 heteroatoms. The average molecular weight is 449 g/mol. The van der Waals surface area contributed by atoms with Gasteiger partial charge in [-0.2, -0.15) is 0 Å². The summed E-state index contributed by atoms with van der Waals surface area (Å²) >= 11 is 0. The molecule has 0 saturated carbocycles. The van der Waals surface area contributed by atoms with Gasteiger partial charge in [0.25, 0.3) is 0 Å². The van der Waals surface area contributed by atoms with Crippen molar-refractivity contribution < 1.29 is 20.1 Å². The molecule has 0 fully saturated rings. The van der Waals surface area contributed by atoms with Crippen LogP contribution in [-0.2, 0) is 20.1 Å². The molecule has 109 valence electrons. The van der Waals surface area contributed by atoms with Crippen LogP contribution in [0.2, 0.25) is 0 Å². The Labute approximate surface area is 133 Å². The molecule has 0 amide bonds. The van der Waals surface area contributed by atoms with Crippen molar-refractivity contribution in [1.82, 2.24) is 0 Å². The Kier molecular flexibility index (Phi) is 20.1. The Morgan fingerprint density at radius 3 is 0.833 bits per heavy atom. The van der Waals surface area contributed by atoms with Crippen LogP contribution in [0.1, 0.15) is 77.0 Å². The maximum Gasteiger partial charge on any atom is 0 e. The molecule has 0 bridgehead atoms.